The van der Waals surface area contributed by atoms with Gasteiger partial charge in [0.15, 0.2) is 5.82 Å². The molecule has 8 aromatic carbocycles. The third kappa shape index (κ3) is 9.21. The average molecular weight is 893 g/mol. The third-order valence-corrected chi connectivity index (χ3v) is 11.7. The molecule has 0 spiro atoms. The lowest BCUT2D eigenvalue weighted by atomic mass is 9.94. The zero-order chi connectivity index (χ0) is 47.1. The van der Waals surface area contributed by atoms with Crippen molar-refractivity contribution in [3.8, 4) is 44.5 Å². The fourth-order valence-corrected chi connectivity index (χ4v) is 8.33. The van der Waals surface area contributed by atoms with Gasteiger partial charge < -0.3 is 0 Å². The van der Waals surface area contributed by atoms with E-state index >= 15 is 0 Å². The van der Waals surface area contributed by atoms with Crippen LogP contribution in [0.5, 0.6) is 0 Å². The summed E-state index contributed by atoms with van der Waals surface area (Å²) < 4.78 is 0. The minimum atomic E-state index is -0.515. The molecule has 0 aliphatic carbocycles. The highest BCUT2D eigenvalue weighted by atomic mass is 16.1. The van der Waals surface area contributed by atoms with Gasteiger partial charge in [-0.3, -0.25) is 14.4 Å². The van der Waals surface area contributed by atoms with E-state index in [4.69, 9.17) is 24.9 Å². The monoisotopic (exact) mass is 892 g/mol. The number of hydrogen-bond acceptors (Lipinski definition) is 9. The van der Waals surface area contributed by atoms with Gasteiger partial charge in [0, 0.05) is 22.3 Å². The van der Waals surface area contributed by atoms with E-state index in [2.05, 4.69) is 11.6 Å². The Balaban J connectivity index is 1.13. The van der Waals surface area contributed by atoms with Gasteiger partial charge in [0.05, 0.1) is 6.42 Å². The number of nitrogens with zero attached hydrogens (tertiary/aromatic N) is 6. The van der Waals surface area contributed by atoms with Crippen molar-refractivity contribution in [3.63, 3.8) is 0 Å². The maximum Gasteiger partial charge on any atom is 0.230 e. The highest BCUT2D eigenvalue weighted by molar-refractivity contribution is 6.14. The molecule has 0 saturated heterocycles. The van der Waals surface area contributed by atoms with Crippen LogP contribution in [0.1, 0.15) is 71.6 Å². The zero-order valence-corrected chi connectivity index (χ0v) is 37.1. The minimum absolute atomic E-state index is 0.0293. The molecule has 0 aliphatic rings. The van der Waals surface area contributed by atoms with Crippen LogP contribution in [-0.4, -0.2) is 47.3 Å². The molecule has 0 amide bonds. The summed E-state index contributed by atoms with van der Waals surface area (Å²) >= 11 is 0. The van der Waals surface area contributed by atoms with Crippen molar-refractivity contribution < 1.29 is 14.4 Å². The SMILES string of the molecule is C=C(c1nc(Cc2nc(C(=O)c3ccccc3-c3ccccc3)nc(C(=O)c3ccccc3-c3ccccc3)n2)nc(C(=O)c2ccccc2-c2ccccc2)n1)c1ccccc1-c1ccccc1. The van der Waals surface area contributed by atoms with Crippen molar-refractivity contribution in [1.29, 1.82) is 0 Å². The van der Waals surface area contributed by atoms with E-state index in [0.717, 1.165) is 33.4 Å². The predicted octanol–water partition coefficient (Wildman–Crippen LogP) is 12.1. The van der Waals surface area contributed by atoms with Crippen molar-refractivity contribution in [2.45, 2.75) is 6.42 Å². The Bertz CT molecular complexity index is 3080. The molecule has 0 N–H and O–H groups in total. The molecular formula is C60H40N6O3. The second kappa shape index (κ2) is 19.6. The Hall–Kier alpha value is -9.47. The fourth-order valence-electron chi connectivity index (χ4n) is 8.33. The Morgan fingerprint density at radius 2 is 0.536 bits per heavy atom. The van der Waals surface area contributed by atoms with Crippen LogP contribution in [0.15, 0.2) is 225 Å². The Labute approximate surface area is 398 Å². The van der Waals surface area contributed by atoms with E-state index in [9.17, 15) is 14.4 Å². The minimum Gasteiger partial charge on any atom is -0.285 e. The molecule has 69 heavy (non-hydrogen) atoms. The van der Waals surface area contributed by atoms with Crippen LogP contribution in [0.3, 0.4) is 0 Å². The van der Waals surface area contributed by atoms with E-state index in [1.807, 2.05) is 182 Å². The maximum atomic E-state index is 14.8. The summed E-state index contributed by atoms with van der Waals surface area (Å²) in [6.45, 7) is 4.48. The summed E-state index contributed by atoms with van der Waals surface area (Å²) in [6.07, 6.45) is -0.215. The van der Waals surface area contributed by atoms with Gasteiger partial charge in [0.2, 0.25) is 34.8 Å². The van der Waals surface area contributed by atoms with Gasteiger partial charge in [-0.2, -0.15) is 0 Å². The van der Waals surface area contributed by atoms with Crippen LogP contribution in [0, 0.1) is 0 Å². The van der Waals surface area contributed by atoms with Gasteiger partial charge in [-0.1, -0.05) is 225 Å². The standard InChI is InChI=1S/C60H40N6O3/c1-39(44-30-14-15-31-45(44)40-22-6-2-7-23-40)57-61-52(62-58(65-57)54(67)49-35-19-16-32-46(49)41-24-8-3-9-25-41)38-53-63-59(55(68)50-36-20-17-33-47(50)42-26-10-4-11-27-42)66-60(64-53)56(69)51-37-21-18-34-48(51)43-28-12-5-13-29-43/h2-37H,1,38H2. The lowest BCUT2D eigenvalue weighted by Crippen LogP contribution is -2.19. The molecule has 0 fully saturated rings. The Morgan fingerprint density at radius 1 is 0.290 bits per heavy atom. The first-order chi connectivity index (χ1) is 33.9. The molecule has 10 rings (SSSR count). The second-order valence-electron chi connectivity index (χ2n) is 16.1. The van der Waals surface area contributed by atoms with Gasteiger partial charge in [0.25, 0.3) is 0 Å². The lowest BCUT2D eigenvalue weighted by molar-refractivity contribution is 0.101. The Kier molecular flexibility index (Phi) is 12.3. The van der Waals surface area contributed by atoms with E-state index < -0.39 is 17.3 Å². The molecule has 328 valence electrons. The van der Waals surface area contributed by atoms with Crippen molar-refractivity contribution in [3.05, 3.63) is 282 Å². The molecule has 0 aliphatic heterocycles. The van der Waals surface area contributed by atoms with E-state index in [0.29, 0.717) is 39.0 Å². The van der Waals surface area contributed by atoms with E-state index in [1.165, 1.54) is 0 Å². The van der Waals surface area contributed by atoms with Gasteiger partial charge in [0.1, 0.15) is 11.6 Å². The predicted molar refractivity (Wildman–Crippen MR) is 268 cm³/mol. The highest BCUT2D eigenvalue weighted by Crippen LogP contribution is 2.32. The van der Waals surface area contributed by atoms with Crippen LogP contribution >= 0.6 is 0 Å². The molecule has 9 nitrogen and oxygen atoms in total. The topological polar surface area (TPSA) is 129 Å². The first-order valence-corrected chi connectivity index (χ1v) is 22.3. The van der Waals surface area contributed by atoms with Crippen molar-refractivity contribution in [1.82, 2.24) is 29.9 Å². The Morgan fingerprint density at radius 3 is 0.870 bits per heavy atom. The van der Waals surface area contributed by atoms with Crippen LogP contribution in [0.2, 0.25) is 0 Å². The number of hydrogen-bond donors (Lipinski definition) is 0. The molecule has 0 unspecified atom stereocenters. The maximum absolute atomic E-state index is 14.8. The molecule has 10 aromatic rings. The van der Waals surface area contributed by atoms with Crippen molar-refractivity contribution in [2.24, 2.45) is 0 Å². The van der Waals surface area contributed by atoms with E-state index in [-0.39, 0.29) is 41.4 Å². The summed E-state index contributed by atoms with van der Waals surface area (Å²) in [5, 5.41) is 0. The summed E-state index contributed by atoms with van der Waals surface area (Å²) in [5.41, 5.74) is 8.64. The summed E-state index contributed by atoms with van der Waals surface area (Å²) in [7, 11) is 0. The highest BCUT2D eigenvalue weighted by Gasteiger charge is 2.26. The van der Waals surface area contributed by atoms with Crippen LogP contribution in [0.25, 0.3) is 50.1 Å². The normalized spacial score (nSPS) is 10.9. The second-order valence-corrected chi connectivity index (χ2v) is 16.1. The van der Waals surface area contributed by atoms with E-state index in [1.54, 1.807) is 36.4 Å². The molecule has 2 heterocycles. The first kappa shape index (κ1) is 43.4. The number of carbonyl (C=O) groups is 3. The molecule has 0 saturated carbocycles. The molecule has 9 heteroatoms. The number of aromatic nitrogens is 6. The summed E-state index contributed by atoms with van der Waals surface area (Å²) in [6, 6.07) is 68.1. The van der Waals surface area contributed by atoms with Crippen LogP contribution < -0.4 is 0 Å². The number of ketones is 3. The van der Waals surface area contributed by atoms with Gasteiger partial charge in [-0.05, 0) is 50.1 Å². The molecule has 0 bridgehead atoms. The third-order valence-electron chi connectivity index (χ3n) is 11.7. The van der Waals surface area contributed by atoms with Crippen LogP contribution in [-0.2, 0) is 6.42 Å². The molecule has 0 radical (unpaired) electrons. The number of benzene rings is 8. The molecular weight excluding hydrogens is 853 g/mol. The summed E-state index contributed by atoms with van der Waals surface area (Å²) in [5.74, 6) is -1.80. The van der Waals surface area contributed by atoms with Crippen molar-refractivity contribution in [2.75, 3.05) is 0 Å². The zero-order valence-electron chi connectivity index (χ0n) is 37.1. The summed E-state index contributed by atoms with van der Waals surface area (Å²) in [4.78, 5) is 73.0. The molecule has 0 atom stereocenters. The van der Waals surface area contributed by atoms with Crippen LogP contribution in [0.4, 0.5) is 0 Å². The lowest BCUT2D eigenvalue weighted by Gasteiger charge is -2.14. The van der Waals surface area contributed by atoms with Gasteiger partial charge >= 0.3 is 0 Å². The quantitative estimate of drug-likeness (QED) is 0.0980. The smallest absolute Gasteiger partial charge is 0.230 e. The fraction of sp³-hybridized carbons (Fsp3) is 0.0167. The largest absolute Gasteiger partial charge is 0.285 e. The first-order valence-electron chi connectivity index (χ1n) is 22.3. The average Bonchev–Trinajstić information content (AvgIpc) is 3.43. The van der Waals surface area contributed by atoms with Crippen molar-refractivity contribution >= 4 is 22.9 Å². The number of rotatable bonds is 14. The van der Waals surface area contributed by atoms with Gasteiger partial charge in [-0.25, -0.2) is 29.9 Å². The van der Waals surface area contributed by atoms with Gasteiger partial charge in [-0.15, -0.1) is 0 Å². The molecule has 2 aromatic heterocycles. The number of carbonyl (C=O) groups excluding carboxylic acids is 3.